The Kier molecular flexibility index (Phi) is 7.21. The highest BCUT2D eigenvalue weighted by Gasteiger charge is 2.14. The lowest BCUT2D eigenvalue weighted by Crippen LogP contribution is -2.30. The van der Waals surface area contributed by atoms with Gasteiger partial charge in [-0.3, -0.25) is 0 Å². The summed E-state index contributed by atoms with van der Waals surface area (Å²) in [5, 5.41) is 3.91. The molecule has 25 heavy (non-hydrogen) atoms. The van der Waals surface area contributed by atoms with Gasteiger partial charge in [-0.25, -0.2) is 9.37 Å². The standard InChI is InChI=1S/C20H26ClFN2O/c1-5-10-25-20-9-6-15(21)11-16(20)18-8-7-17(22)19(24-18)12-23-14(4)13(2)3/h6-9,11,13-14,23H,5,10,12H2,1-4H3/t14-/m1/s1. The van der Waals surface area contributed by atoms with Gasteiger partial charge in [-0.2, -0.15) is 0 Å². The fourth-order valence-corrected chi connectivity index (χ4v) is 2.46. The number of aromatic nitrogens is 1. The first-order chi connectivity index (χ1) is 11.9. The van der Waals surface area contributed by atoms with Gasteiger partial charge in [0.25, 0.3) is 0 Å². The molecule has 0 unspecified atom stereocenters. The molecular formula is C20H26ClFN2O. The maximum atomic E-state index is 14.2. The molecule has 0 saturated carbocycles. The molecule has 0 aliphatic heterocycles. The van der Waals surface area contributed by atoms with Crippen LogP contribution in [0.4, 0.5) is 4.39 Å². The van der Waals surface area contributed by atoms with Gasteiger partial charge in [-0.05, 0) is 49.6 Å². The van der Waals surface area contributed by atoms with Crippen molar-refractivity contribution in [2.45, 2.75) is 46.7 Å². The van der Waals surface area contributed by atoms with E-state index < -0.39 is 0 Å². The monoisotopic (exact) mass is 364 g/mol. The zero-order valence-corrected chi connectivity index (χ0v) is 16.0. The van der Waals surface area contributed by atoms with Crippen molar-refractivity contribution < 1.29 is 9.13 Å². The van der Waals surface area contributed by atoms with Crippen LogP contribution in [-0.4, -0.2) is 17.6 Å². The SMILES string of the molecule is CCCOc1ccc(Cl)cc1-c1ccc(F)c(CN[C@H](C)C(C)C)n1. The highest BCUT2D eigenvalue weighted by atomic mass is 35.5. The topological polar surface area (TPSA) is 34.1 Å². The minimum atomic E-state index is -0.315. The molecule has 136 valence electrons. The zero-order chi connectivity index (χ0) is 18.4. The van der Waals surface area contributed by atoms with Gasteiger partial charge in [0, 0.05) is 23.2 Å². The van der Waals surface area contributed by atoms with E-state index in [1.165, 1.54) is 6.07 Å². The molecule has 1 aromatic heterocycles. The number of hydrogen-bond donors (Lipinski definition) is 1. The van der Waals surface area contributed by atoms with Gasteiger partial charge in [0.2, 0.25) is 0 Å². The predicted molar refractivity (Wildman–Crippen MR) is 102 cm³/mol. The molecule has 0 aliphatic carbocycles. The van der Waals surface area contributed by atoms with E-state index in [4.69, 9.17) is 16.3 Å². The van der Waals surface area contributed by atoms with Crippen molar-refractivity contribution in [2.75, 3.05) is 6.61 Å². The number of rotatable bonds is 8. The lowest BCUT2D eigenvalue weighted by molar-refractivity contribution is 0.318. The van der Waals surface area contributed by atoms with Crippen LogP contribution in [0.1, 0.15) is 39.8 Å². The molecule has 0 radical (unpaired) electrons. The van der Waals surface area contributed by atoms with E-state index in [1.54, 1.807) is 18.2 Å². The minimum Gasteiger partial charge on any atom is -0.493 e. The summed E-state index contributed by atoms with van der Waals surface area (Å²) in [6.45, 7) is 9.37. The van der Waals surface area contributed by atoms with Gasteiger partial charge in [-0.1, -0.05) is 32.4 Å². The van der Waals surface area contributed by atoms with Crippen LogP contribution in [0.5, 0.6) is 5.75 Å². The summed E-state index contributed by atoms with van der Waals surface area (Å²) < 4.78 is 19.9. The van der Waals surface area contributed by atoms with Crippen LogP contribution in [-0.2, 0) is 6.54 Å². The summed E-state index contributed by atoms with van der Waals surface area (Å²) in [5.74, 6) is 0.860. The molecule has 0 fully saturated rings. The Labute approximate surface area is 154 Å². The van der Waals surface area contributed by atoms with Crippen LogP contribution >= 0.6 is 11.6 Å². The Balaban J connectivity index is 2.31. The van der Waals surface area contributed by atoms with Gasteiger partial charge in [0.05, 0.1) is 18.0 Å². The van der Waals surface area contributed by atoms with E-state index in [9.17, 15) is 4.39 Å². The summed E-state index contributed by atoms with van der Waals surface area (Å²) in [4.78, 5) is 4.51. The van der Waals surface area contributed by atoms with Crippen molar-refractivity contribution in [3.8, 4) is 17.0 Å². The number of halogens is 2. The molecule has 1 atom stereocenters. The predicted octanol–water partition coefficient (Wildman–Crippen LogP) is 5.46. The molecule has 2 rings (SSSR count). The Morgan fingerprint density at radius 2 is 1.96 bits per heavy atom. The molecule has 3 nitrogen and oxygen atoms in total. The second kappa shape index (κ2) is 9.16. The Bertz CT molecular complexity index is 706. The maximum Gasteiger partial charge on any atom is 0.146 e. The fraction of sp³-hybridized carbons (Fsp3) is 0.450. The van der Waals surface area contributed by atoms with Gasteiger partial charge < -0.3 is 10.1 Å². The maximum absolute atomic E-state index is 14.2. The number of hydrogen-bond acceptors (Lipinski definition) is 3. The Morgan fingerprint density at radius 3 is 2.64 bits per heavy atom. The number of ether oxygens (including phenoxy) is 1. The van der Waals surface area contributed by atoms with E-state index in [0.717, 1.165) is 12.0 Å². The van der Waals surface area contributed by atoms with Crippen LogP contribution in [0.15, 0.2) is 30.3 Å². The lowest BCUT2D eigenvalue weighted by Gasteiger charge is -2.18. The third-order valence-corrected chi connectivity index (χ3v) is 4.42. The molecule has 5 heteroatoms. The summed E-state index contributed by atoms with van der Waals surface area (Å²) in [6.07, 6.45) is 0.904. The van der Waals surface area contributed by atoms with E-state index >= 15 is 0 Å². The van der Waals surface area contributed by atoms with E-state index in [1.807, 2.05) is 13.0 Å². The van der Waals surface area contributed by atoms with Crippen LogP contribution in [0, 0.1) is 11.7 Å². The molecule has 1 N–H and O–H groups in total. The summed E-state index contributed by atoms with van der Waals surface area (Å²) in [6, 6.07) is 8.81. The summed E-state index contributed by atoms with van der Waals surface area (Å²) in [5.41, 5.74) is 1.83. The van der Waals surface area contributed by atoms with Crippen molar-refractivity contribution >= 4 is 11.6 Å². The second-order valence-corrected chi connectivity index (χ2v) is 6.96. The van der Waals surface area contributed by atoms with Crippen molar-refractivity contribution in [1.82, 2.24) is 10.3 Å². The summed E-state index contributed by atoms with van der Waals surface area (Å²) in [7, 11) is 0. The van der Waals surface area contributed by atoms with Crippen LogP contribution in [0.3, 0.4) is 0 Å². The first-order valence-corrected chi connectivity index (χ1v) is 9.11. The van der Waals surface area contributed by atoms with E-state index in [2.05, 4.69) is 31.1 Å². The Hall–Kier alpha value is -1.65. The summed E-state index contributed by atoms with van der Waals surface area (Å²) >= 11 is 6.14. The van der Waals surface area contributed by atoms with Crippen LogP contribution in [0.25, 0.3) is 11.3 Å². The fourth-order valence-electron chi connectivity index (χ4n) is 2.29. The highest BCUT2D eigenvalue weighted by molar-refractivity contribution is 6.30. The molecule has 0 saturated heterocycles. The average Bonchev–Trinajstić information content (AvgIpc) is 2.59. The zero-order valence-electron chi connectivity index (χ0n) is 15.3. The molecule has 0 spiro atoms. The normalized spacial score (nSPS) is 12.4. The van der Waals surface area contributed by atoms with Crippen molar-refractivity contribution in [3.05, 3.63) is 46.9 Å². The van der Waals surface area contributed by atoms with E-state index in [0.29, 0.717) is 41.2 Å². The van der Waals surface area contributed by atoms with Gasteiger partial charge in [0.1, 0.15) is 11.6 Å². The first-order valence-electron chi connectivity index (χ1n) is 8.73. The molecular weight excluding hydrogens is 339 g/mol. The number of pyridine rings is 1. The van der Waals surface area contributed by atoms with Crippen molar-refractivity contribution in [2.24, 2.45) is 5.92 Å². The molecule has 0 amide bonds. The highest BCUT2D eigenvalue weighted by Crippen LogP contribution is 2.32. The lowest BCUT2D eigenvalue weighted by atomic mass is 10.1. The third kappa shape index (κ3) is 5.41. The van der Waals surface area contributed by atoms with Crippen LogP contribution < -0.4 is 10.1 Å². The molecule has 1 aromatic carbocycles. The number of nitrogens with one attached hydrogen (secondary N) is 1. The van der Waals surface area contributed by atoms with Crippen molar-refractivity contribution in [3.63, 3.8) is 0 Å². The second-order valence-electron chi connectivity index (χ2n) is 6.53. The molecule has 0 bridgehead atoms. The molecule has 1 heterocycles. The van der Waals surface area contributed by atoms with Gasteiger partial charge in [-0.15, -0.1) is 0 Å². The minimum absolute atomic E-state index is 0.277. The number of nitrogens with zero attached hydrogens (tertiary/aromatic N) is 1. The van der Waals surface area contributed by atoms with Crippen molar-refractivity contribution in [1.29, 1.82) is 0 Å². The van der Waals surface area contributed by atoms with Gasteiger partial charge >= 0.3 is 0 Å². The first kappa shape index (κ1) is 19.7. The molecule has 2 aromatic rings. The smallest absolute Gasteiger partial charge is 0.146 e. The van der Waals surface area contributed by atoms with Crippen LogP contribution in [0.2, 0.25) is 5.02 Å². The molecule has 0 aliphatic rings. The average molecular weight is 365 g/mol. The largest absolute Gasteiger partial charge is 0.493 e. The van der Waals surface area contributed by atoms with Gasteiger partial charge in [0.15, 0.2) is 0 Å². The van der Waals surface area contributed by atoms with E-state index in [-0.39, 0.29) is 11.9 Å². The third-order valence-electron chi connectivity index (χ3n) is 4.19. The quantitative estimate of drug-likeness (QED) is 0.674. The number of benzene rings is 1. The Morgan fingerprint density at radius 1 is 1.20 bits per heavy atom.